The van der Waals surface area contributed by atoms with Crippen LogP contribution >= 0.6 is 0 Å². The SMILES string of the molecule is CCCC=CCCC(=O)Oc1ccc(-c2ccc(CCC(C)OC(=O)CC)cc2)nc1. The van der Waals surface area contributed by atoms with Crippen LogP contribution in [0.15, 0.2) is 54.7 Å². The maximum atomic E-state index is 11.9. The molecule has 2 aromatic rings. The summed E-state index contributed by atoms with van der Waals surface area (Å²) in [5, 5.41) is 0. The zero-order chi connectivity index (χ0) is 22.5. The van der Waals surface area contributed by atoms with Gasteiger partial charge < -0.3 is 9.47 Å². The van der Waals surface area contributed by atoms with Crippen molar-refractivity contribution in [2.75, 3.05) is 0 Å². The molecule has 0 saturated carbocycles. The molecule has 0 amide bonds. The molecule has 0 fully saturated rings. The van der Waals surface area contributed by atoms with Crippen LogP contribution < -0.4 is 4.74 Å². The van der Waals surface area contributed by atoms with Gasteiger partial charge in [-0.1, -0.05) is 56.7 Å². The maximum Gasteiger partial charge on any atom is 0.311 e. The Bertz CT molecular complexity index is 841. The van der Waals surface area contributed by atoms with Crippen LogP contribution in [0.4, 0.5) is 0 Å². The molecule has 0 aliphatic heterocycles. The molecule has 5 heteroatoms. The summed E-state index contributed by atoms with van der Waals surface area (Å²) < 4.78 is 10.7. The number of ether oxygens (including phenoxy) is 2. The van der Waals surface area contributed by atoms with E-state index in [9.17, 15) is 9.59 Å². The number of aromatic nitrogens is 1. The van der Waals surface area contributed by atoms with Gasteiger partial charge in [0, 0.05) is 18.4 Å². The molecule has 5 nitrogen and oxygen atoms in total. The number of carbonyl (C=O) groups is 2. The normalized spacial score (nSPS) is 12.0. The van der Waals surface area contributed by atoms with Crippen molar-refractivity contribution in [1.82, 2.24) is 4.98 Å². The quantitative estimate of drug-likeness (QED) is 0.306. The van der Waals surface area contributed by atoms with Gasteiger partial charge in [0.1, 0.15) is 5.75 Å². The number of pyridine rings is 1. The van der Waals surface area contributed by atoms with E-state index in [1.807, 2.05) is 31.2 Å². The molecule has 31 heavy (non-hydrogen) atoms. The average Bonchev–Trinajstić information content (AvgIpc) is 2.78. The molecule has 1 heterocycles. The first-order valence-corrected chi connectivity index (χ1v) is 11.1. The summed E-state index contributed by atoms with van der Waals surface area (Å²) in [5.74, 6) is 0.0456. The van der Waals surface area contributed by atoms with E-state index in [1.165, 1.54) is 5.56 Å². The van der Waals surface area contributed by atoms with Crippen molar-refractivity contribution in [2.45, 2.75) is 71.8 Å². The van der Waals surface area contributed by atoms with E-state index in [0.29, 0.717) is 25.0 Å². The van der Waals surface area contributed by atoms with Gasteiger partial charge in [-0.05, 0) is 50.3 Å². The molecular weight excluding hydrogens is 390 g/mol. The number of allylic oxidation sites excluding steroid dienone is 2. The summed E-state index contributed by atoms with van der Waals surface area (Å²) in [6.07, 6.45) is 10.8. The Morgan fingerprint density at radius 1 is 1.00 bits per heavy atom. The van der Waals surface area contributed by atoms with Crippen molar-refractivity contribution < 1.29 is 19.1 Å². The van der Waals surface area contributed by atoms with Gasteiger partial charge in [-0.25, -0.2) is 0 Å². The summed E-state index contributed by atoms with van der Waals surface area (Å²) in [5.41, 5.74) is 2.99. The van der Waals surface area contributed by atoms with Crippen LogP contribution in [-0.2, 0) is 20.7 Å². The van der Waals surface area contributed by atoms with Crippen LogP contribution in [0.25, 0.3) is 11.3 Å². The Balaban J connectivity index is 1.83. The lowest BCUT2D eigenvalue weighted by Crippen LogP contribution is -2.14. The van der Waals surface area contributed by atoms with Crippen molar-refractivity contribution >= 4 is 11.9 Å². The number of hydrogen-bond donors (Lipinski definition) is 0. The van der Waals surface area contributed by atoms with Crippen LogP contribution in [0.3, 0.4) is 0 Å². The molecular formula is C26H33NO4. The van der Waals surface area contributed by atoms with Crippen molar-refractivity contribution in [3.8, 4) is 17.0 Å². The van der Waals surface area contributed by atoms with Gasteiger partial charge in [-0.2, -0.15) is 0 Å². The van der Waals surface area contributed by atoms with Gasteiger partial charge >= 0.3 is 11.9 Å². The van der Waals surface area contributed by atoms with Gasteiger partial charge in [0.05, 0.1) is 18.0 Å². The van der Waals surface area contributed by atoms with Gasteiger partial charge in [-0.3, -0.25) is 14.6 Å². The predicted molar refractivity (Wildman–Crippen MR) is 123 cm³/mol. The molecule has 0 saturated heterocycles. The van der Waals surface area contributed by atoms with Gasteiger partial charge in [0.2, 0.25) is 0 Å². The summed E-state index contributed by atoms with van der Waals surface area (Å²) in [6, 6.07) is 11.8. The highest BCUT2D eigenvalue weighted by Crippen LogP contribution is 2.21. The fourth-order valence-corrected chi connectivity index (χ4v) is 2.98. The number of rotatable bonds is 12. The van der Waals surface area contributed by atoms with Crippen LogP contribution in [0.5, 0.6) is 5.75 Å². The topological polar surface area (TPSA) is 65.5 Å². The zero-order valence-electron chi connectivity index (χ0n) is 18.8. The average molecular weight is 424 g/mol. The van der Waals surface area contributed by atoms with Crippen LogP contribution in [0.2, 0.25) is 0 Å². The molecule has 166 valence electrons. The highest BCUT2D eigenvalue weighted by molar-refractivity contribution is 5.72. The Kier molecular flexibility index (Phi) is 10.5. The molecule has 0 spiro atoms. The van der Waals surface area contributed by atoms with Crippen molar-refractivity contribution in [1.29, 1.82) is 0 Å². The van der Waals surface area contributed by atoms with Crippen molar-refractivity contribution in [3.63, 3.8) is 0 Å². The number of unbranched alkanes of at least 4 members (excludes halogenated alkanes) is 1. The fourth-order valence-electron chi connectivity index (χ4n) is 2.98. The van der Waals surface area contributed by atoms with Gasteiger partial charge in [0.15, 0.2) is 0 Å². The van der Waals surface area contributed by atoms with E-state index in [4.69, 9.17) is 9.47 Å². The van der Waals surface area contributed by atoms with E-state index < -0.39 is 0 Å². The molecule has 0 bridgehead atoms. The van der Waals surface area contributed by atoms with Crippen LogP contribution in [0, 0.1) is 0 Å². The Hall–Kier alpha value is -2.95. The predicted octanol–water partition coefficient (Wildman–Crippen LogP) is 6.06. The molecule has 0 aliphatic rings. The molecule has 1 aromatic heterocycles. The second kappa shape index (κ2) is 13.4. The lowest BCUT2D eigenvalue weighted by molar-refractivity contribution is -0.148. The molecule has 2 rings (SSSR count). The van der Waals surface area contributed by atoms with Gasteiger partial charge in [-0.15, -0.1) is 0 Å². The third-order valence-electron chi connectivity index (χ3n) is 4.82. The second-order valence-corrected chi connectivity index (χ2v) is 7.54. The summed E-state index contributed by atoms with van der Waals surface area (Å²) in [7, 11) is 0. The minimum absolute atomic E-state index is 0.0867. The summed E-state index contributed by atoms with van der Waals surface area (Å²) in [6.45, 7) is 5.84. The van der Waals surface area contributed by atoms with Crippen LogP contribution in [-0.4, -0.2) is 23.0 Å². The largest absolute Gasteiger partial charge is 0.463 e. The fraction of sp³-hybridized carbons (Fsp3) is 0.423. The molecule has 0 radical (unpaired) electrons. The van der Waals surface area contributed by atoms with Crippen molar-refractivity contribution in [3.05, 3.63) is 60.3 Å². The summed E-state index contributed by atoms with van der Waals surface area (Å²) >= 11 is 0. The number of carbonyl (C=O) groups excluding carboxylic acids is 2. The Morgan fingerprint density at radius 2 is 1.74 bits per heavy atom. The summed E-state index contributed by atoms with van der Waals surface area (Å²) in [4.78, 5) is 27.7. The first-order chi connectivity index (χ1) is 15.0. The van der Waals surface area contributed by atoms with E-state index in [-0.39, 0.29) is 18.0 Å². The van der Waals surface area contributed by atoms with E-state index in [1.54, 1.807) is 19.2 Å². The van der Waals surface area contributed by atoms with E-state index in [0.717, 1.165) is 36.9 Å². The lowest BCUT2D eigenvalue weighted by atomic mass is 10.0. The third kappa shape index (κ3) is 9.16. The first kappa shape index (κ1) is 24.3. The monoisotopic (exact) mass is 423 g/mol. The Morgan fingerprint density at radius 3 is 2.39 bits per heavy atom. The molecule has 0 N–H and O–H groups in total. The van der Waals surface area contributed by atoms with Crippen molar-refractivity contribution in [2.24, 2.45) is 0 Å². The number of hydrogen-bond acceptors (Lipinski definition) is 5. The third-order valence-corrected chi connectivity index (χ3v) is 4.82. The number of esters is 2. The molecule has 0 aliphatic carbocycles. The van der Waals surface area contributed by atoms with Crippen LogP contribution in [0.1, 0.15) is 64.9 Å². The number of nitrogens with zero attached hydrogens (tertiary/aromatic N) is 1. The standard InChI is InChI=1S/C26H33NO4/c1-4-6-7-8-9-10-26(29)31-23-17-18-24(27-19-23)22-15-13-21(14-16-22)12-11-20(3)30-25(28)5-2/h7-8,13-20H,4-6,9-12H2,1-3H3. The molecule has 1 aromatic carbocycles. The van der Waals surface area contributed by atoms with E-state index >= 15 is 0 Å². The first-order valence-electron chi connectivity index (χ1n) is 11.1. The highest BCUT2D eigenvalue weighted by atomic mass is 16.5. The minimum Gasteiger partial charge on any atom is -0.463 e. The maximum absolute atomic E-state index is 11.9. The minimum atomic E-state index is -0.251. The second-order valence-electron chi connectivity index (χ2n) is 7.54. The Labute approximate surface area is 185 Å². The number of benzene rings is 1. The smallest absolute Gasteiger partial charge is 0.311 e. The lowest BCUT2D eigenvalue weighted by Gasteiger charge is -2.12. The highest BCUT2D eigenvalue weighted by Gasteiger charge is 2.09. The molecule has 1 atom stereocenters. The zero-order valence-corrected chi connectivity index (χ0v) is 18.8. The molecule has 1 unspecified atom stereocenters. The van der Waals surface area contributed by atoms with E-state index in [2.05, 4.69) is 30.1 Å². The number of aryl methyl sites for hydroxylation is 1. The van der Waals surface area contributed by atoms with Gasteiger partial charge in [0.25, 0.3) is 0 Å².